The van der Waals surface area contributed by atoms with Gasteiger partial charge in [0.05, 0.1) is 10.7 Å². The number of hydrogen-bond acceptors (Lipinski definition) is 5. The van der Waals surface area contributed by atoms with Crippen LogP contribution in [-0.2, 0) is 12.8 Å². The molecule has 0 bridgehead atoms. The molecule has 1 saturated heterocycles. The highest BCUT2D eigenvalue weighted by Crippen LogP contribution is 2.34. The van der Waals surface area contributed by atoms with Crippen molar-refractivity contribution in [2.45, 2.75) is 44.4 Å². The number of aromatic nitrogens is 2. The number of rotatable bonds is 2. The number of nitrogens with one attached hydrogen (secondary N) is 1. The Bertz CT molecular complexity index is 659. The van der Waals surface area contributed by atoms with E-state index >= 15 is 0 Å². The molecule has 2 aromatic rings. The van der Waals surface area contributed by atoms with Crippen molar-refractivity contribution in [2.24, 2.45) is 0 Å². The standard InChI is InChI=1S/C16H20N4O2S/c21-16(18-14-7-9-22-19-14)20-8-3-4-11(10-20)15-17-12-5-1-2-6-13(12)23-15/h7,9,11H,1-6,8,10H2,(H,18,19,21). The van der Waals surface area contributed by atoms with Crippen LogP contribution < -0.4 is 5.32 Å². The molecule has 0 spiro atoms. The summed E-state index contributed by atoms with van der Waals surface area (Å²) in [6.07, 6.45) is 8.42. The van der Waals surface area contributed by atoms with E-state index in [-0.39, 0.29) is 6.03 Å². The van der Waals surface area contributed by atoms with E-state index in [0.717, 1.165) is 32.4 Å². The fourth-order valence-electron chi connectivity index (χ4n) is 3.38. The lowest BCUT2D eigenvalue weighted by atomic mass is 9.98. The molecule has 0 aromatic carbocycles. The van der Waals surface area contributed by atoms with Crippen LogP contribution in [0, 0.1) is 0 Å². The van der Waals surface area contributed by atoms with Gasteiger partial charge in [0.2, 0.25) is 0 Å². The van der Waals surface area contributed by atoms with E-state index in [0.29, 0.717) is 11.7 Å². The Morgan fingerprint density at radius 2 is 2.26 bits per heavy atom. The second-order valence-electron chi connectivity index (χ2n) is 6.23. The number of piperidine rings is 1. The van der Waals surface area contributed by atoms with Gasteiger partial charge < -0.3 is 9.42 Å². The molecule has 1 aliphatic heterocycles. The molecule has 0 radical (unpaired) electrons. The fraction of sp³-hybridized carbons (Fsp3) is 0.562. The molecular formula is C16H20N4O2S. The number of amides is 2. The summed E-state index contributed by atoms with van der Waals surface area (Å²) in [6.45, 7) is 1.52. The molecule has 122 valence electrons. The molecule has 1 unspecified atom stereocenters. The minimum Gasteiger partial charge on any atom is -0.363 e. The number of likely N-dealkylation sites (tertiary alicyclic amines) is 1. The summed E-state index contributed by atoms with van der Waals surface area (Å²) in [5.74, 6) is 0.823. The van der Waals surface area contributed by atoms with Gasteiger partial charge in [0.25, 0.3) is 0 Å². The third-order valence-corrected chi connectivity index (χ3v) is 5.91. The Morgan fingerprint density at radius 3 is 3.09 bits per heavy atom. The minimum atomic E-state index is -0.107. The van der Waals surface area contributed by atoms with Gasteiger partial charge in [0.1, 0.15) is 6.26 Å². The van der Waals surface area contributed by atoms with Crippen LogP contribution in [0.2, 0.25) is 0 Å². The summed E-state index contributed by atoms with van der Waals surface area (Å²) in [7, 11) is 0. The largest absolute Gasteiger partial charge is 0.363 e. The molecule has 0 saturated carbocycles. The molecular weight excluding hydrogens is 312 g/mol. The Kier molecular flexibility index (Phi) is 4.03. The van der Waals surface area contributed by atoms with Crippen LogP contribution >= 0.6 is 11.3 Å². The van der Waals surface area contributed by atoms with Crippen LogP contribution in [0.4, 0.5) is 10.6 Å². The molecule has 1 aliphatic carbocycles. The monoisotopic (exact) mass is 332 g/mol. The number of nitrogens with zero attached hydrogens (tertiary/aromatic N) is 3. The first-order valence-electron chi connectivity index (χ1n) is 8.24. The molecule has 2 aliphatic rings. The molecule has 2 aromatic heterocycles. The number of urea groups is 1. The van der Waals surface area contributed by atoms with Crippen molar-refractivity contribution in [2.75, 3.05) is 18.4 Å². The van der Waals surface area contributed by atoms with Gasteiger partial charge in [-0.3, -0.25) is 5.32 Å². The van der Waals surface area contributed by atoms with Crippen molar-refractivity contribution < 1.29 is 9.32 Å². The van der Waals surface area contributed by atoms with Crippen molar-refractivity contribution in [1.29, 1.82) is 0 Å². The quantitative estimate of drug-likeness (QED) is 0.914. The topological polar surface area (TPSA) is 71.3 Å². The van der Waals surface area contributed by atoms with Gasteiger partial charge in [-0.25, -0.2) is 9.78 Å². The summed E-state index contributed by atoms with van der Waals surface area (Å²) in [4.78, 5) is 20.6. The van der Waals surface area contributed by atoms with Crippen molar-refractivity contribution >= 4 is 23.2 Å². The fourth-order valence-corrected chi connectivity index (χ4v) is 4.65. The SMILES string of the molecule is O=C(Nc1ccon1)N1CCCC(c2nc3c(s2)CCCC3)C1. The second-order valence-corrected chi connectivity index (χ2v) is 7.34. The Hall–Kier alpha value is -1.89. The van der Waals surface area contributed by atoms with Crippen LogP contribution in [0.1, 0.15) is 47.2 Å². The van der Waals surface area contributed by atoms with Crippen molar-refractivity contribution in [1.82, 2.24) is 15.0 Å². The Balaban J connectivity index is 1.44. The molecule has 23 heavy (non-hydrogen) atoms. The first-order chi connectivity index (χ1) is 11.3. The number of thiazole rings is 1. The number of carbonyl (C=O) groups excluding carboxylic acids is 1. The van der Waals surface area contributed by atoms with E-state index in [2.05, 4.69) is 10.5 Å². The molecule has 6 nitrogen and oxygen atoms in total. The molecule has 7 heteroatoms. The summed E-state index contributed by atoms with van der Waals surface area (Å²) < 4.78 is 4.75. The van der Waals surface area contributed by atoms with E-state index in [1.807, 2.05) is 16.2 Å². The van der Waals surface area contributed by atoms with Gasteiger partial charge in [-0.05, 0) is 38.5 Å². The molecule has 1 atom stereocenters. The first-order valence-corrected chi connectivity index (χ1v) is 9.06. The summed E-state index contributed by atoms with van der Waals surface area (Å²) in [5, 5.41) is 7.72. The van der Waals surface area contributed by atoms with E-state index in [4.69, 9.17) is 9.51 Å². The maximum atomic E-state index is 12.4. The number of anilines is 1. The highest BCUT2D eigenvalue weighted by molar-refractivity contribution is 7.11. The van der Waals surface area contributed by atoms with E-state index in [1.165, 1.54) is 41.1 Å². The molecule has 1 N–H and O–H groups in total. The Labute approximate surface area is 138 Å². The number of carbonyl (C=O) groups is 1. The van der Waals surface area contributed by atoms with Gasteiger partial charge in [0, 0.05) is 30.0 Å². The van der Waals surface area contributed by atoms with Crippen molar-refractivity contribution in [3.63, 3.8) is 0 Å². The van der Waals surface area contributed by atoms with Crippen LogP contribution in [0.5, 0.6) is 0 Å². The average molecular weight is 332 g/mol. The third kappa shape index (κ3) is 3.10. The van der Waals surface area contributed by atoms with Crippen LogP contribution in [0.25, 0.3) is 0 Å². The molecule has 3 heterocycles. The zero-order valence-electron chi connectivity index (χ0n) is 13.0. The zero-order chi connectivity index (χ0) is 15.6. The molecule has 2 amide bonds. The highest BCUT2D eigenvalue weighted by atomic mass is 32.1. The van der Waals surface area contributed by atoms with Gasteiger partial charge >= 0.3 is 6.03 Å². The number of fused-ring (bicyclic) bond motifs is 1. The van der Waals surface area contributed by atoms with Crippen LogP contribution in [-0.4, -0.2) is 34.2 Å². The maximum Gasteiger partial charge on any atom is 0.323 e. The summed E-state index contributed by atoms with van der Waals surface area (Å²) in [5.41, 5.74) is 1.31. The van der Waals surface area contributed by atoms with Crippen molar-refractivity contribution in [3.8, 4) is 0 Å². The zero-order valence-corrected chi connectivity index (χ0v) is 13.8. The summed E-state index contributed by atoms with van der Waals surface area (Å²) >= 11 is 1.86. The average Bonchev–Trinajstić information content (AvgIpc) is 3.24. The lowest BCUT2D eigenvalue weighted by Crippen LogP contribution is -2.41. The molecule has 1 fully saturated rings. The van der Waals surface area contributed by atoms with E-state index in [9.17, 15) is 4.79 Å². The maximum absolute atomic E-state index is 12.4. The normalized spacial score (nSPS) is 21.0. The number of aryl methyl sites for hydroxylation is 2. The lowest BCUT2D eigenvalue weighted by molar-refractivity contribution is 0.192. The summed E-state index contributed by atoms with van der Waals surface area (Å²) in [6, 6.07) is 1.54. The van der Waals surface area contributed by atoms with Gasteiger partial charge in [-0.15, -0.1) is 11.3 Å². The van der Waals surface area contributed by atoms with Crippen LogP contribution in [0.15, 0.2) is 16.9 Å². The second kappa shape index (κ2) is 6.31. The van der Waals surface area contributed by atoms with Crippen LogP contribution in [0.3, 0.4) is 0 Å². The van der Waals surface area contributed by atoms with E-state index in [1.54, 1.807) is 6.07 Å². The highest BCUT2D eigenvalue weighted by Gasteiger charge is 2.28. The number of hydrogen-bond donors (Lipinski definition) is 1. The predicted molar refractivity (Wildman–Crippen MR) is 87.8 cm³/mol. The lowest BCUT2D eigenvalue weighted by Gasteiger charge is -2.31. The third-order valence-electron chi connectivity index (χ3n) is 4.59. The smallest absolute Gasteiger partial charge is 0.323 e. The predicted octanol–water partition coefficient (Wildman–Crippen LogP) is 3.42. The van der Waals surface area contributed by atoms with Gasteiger partial charge in [-0.2, -0.15) is 0 Å². The minimum absolute atomic E-state index is 0.107. The van der Waals surface area contributed by atoms with E-state index < -0.39 is 0 Å². The Morgan fingerprint density at radius 1 is 1.35 bits per heavy atom. The first kappa shape index (κ1) is 14.7. The van der Waals surface area contributed by atoms with Crippen molar-refractivity contribution in [3.05, 3.63) is 27.9 Å². The molecule has 4 rings (SSSR count). The van der Waals surface area contributed by atoms with Gasteiger partial charge in [-0.1, -0.05) is 5.16 Å². The van der Waals surface area contributed by atoms with Gasteiger partial charge in [0.15, 0.2) is 5.82 Å².